The van der Waals surface area contributed by atoms with Gasteiger partial charge in [-0.3, -0.25) is 9.59 Å². The highest BCUT2D eigenvalue weighted by molar-refractivity contribution is 6.31. The minimum absolute atomic E-state index is 0.0370. The van der Waals surface area contributed by atoms with Crippen molar-refractivity contribution in [1.29, 1.82) is 0 Å². The second-order valence-electron chi connectivity index (χ2n) is 6.97. The zero-order valence-corrected chi connectivity index (χ0v) is 17.0. The van der Waals surface area contributed by atoms with Gasteiger partial charge in [-0.1, -0.05) is 35.9 Å². The van der Waals surface area contributed by atoms with E-state index in [4.69, 9.17) is 25.8 Å². The second-order valence-corrected chi connectivity index (χ2v) is 7.38. The van der Waals surface area contributed by atoms with Crippen molar-refractivity contribution in [1.82, 2.24) is 0 Å². The number of benzene rings is 1. The highest BCUT2D eigenvalue weighted by atomic mass is 35.5. The first-order valence-corrected chi connectivity index (χ1v) is 8.73. The number of allylic oxidation sites excluding steroid dienone is 1. The molecule has 0 aliphatic rings. The summed E-state index contributed by atoms with van der Waals surface area (Å²) in [5.74, 6) is -2.13. The van der Waals surface area contributed by atoms with Crippen LogP contribution in [0, 0.1) is 5.41 Å². The summed E-state index contributed by atoms with van der Waals surface area (Å²) < 4.78 is 14.9. The lowest BCUT2D eigenvalue weighted by Gasteiger charge is -2.27. The first-order valence-electron chi connectivity index (χ1n) is 8.35. The lowest BCUT2D eigenvalue weighted by molar-refractivity contribution is -0.169. The van der Waals surface area contributed by atoms with Gasteiger partial charge in [0, 0.05) is 17.5 Å². The molecule has 0 unspecified atom stereocenters. The van der Waals surface area contributed by atoms with E-state index in [0.29, 0.717) is 10.6 Å². The molecule has 0 atom stereocenters. The molecule has 0 bridgehead atoms. The van der Waals surface area contributed by atoms with Crippen LogP contribution in [0.5, 0.6) is 0 Å². The molecule has 0 amide bonds. The van der Waals surface area contributed by atoms with Gasteiger partial charge in [-0.05, 0) is 38.8 Å². The molecule has 0 radical (unpaired) electrons. The minimum Gasteiger partial charge on any atom is -0.468 e. The summed E-state index contributed by atoms with van der Waals surface area (Å²) >= 11 is 6.19. The number of halogens is 1. The van der Waals surface area contributed by atoms with Gasteiger partial charge in [-0.25, -0.2) is 4.79 Å². The highest BCUT2D eigenvalue weighted by Crippen LogP contribution is 2.33. The fourth-order valence-corrected chi connectivity index (χ4v) is 2.72. The third-order valence-electron chi connectivity index (χ3n) is 3.73. The molecule has 0 aliphatic carbocycles. The van der Waals surface area contributed by atoms with Crippen LogP contribution >= 0.6 is 11.6 Å². The first kappa shape index (κ1) is 22.7. The summed E-state index contributed by atoms with van der Waals surface area (Å²) in [7, 11) is 2.37. The molecule has 148 valence electrons. The molecule has 27 heavy (non-hydrogen) atoms. The van der Waals surface area contributed by atoms with Crippen molar-refractivity contribution in [3.8, 4) is 0 Å². The largest absolute Gasteiger partial charge is 0.468 e. The summed E-state index contributed by atoms with van der Waals surface area (Å²) in [5, 5.41) is 0.408. The molecule has 1 aromatic carbocycles. The number of ether oxygens (including phenoxy) is 3. The van der Waals surface area contributed by atoms with Crippen LogP contribution in [0.2, 0.25) is 5.02 Å². The predicted octanol–water partition coefficient (Wildman–Crippen LogP) is 3.50. The fourth-order valence-electron chi connectivity index (χ4n) is 2.52. The maximum Gasteiger partial charge on any atom is 0.330 e. The molecule has 0 aliphatic heterocycles. The van der Waals surface area contributed by atoms with Crippen LogP contribution in [0.3, 0.4) is 0 Å². The smallest absolute Gasteiger partial charge is 0.330 e. The third kappa shape index (κ3) is 6.40. The van der Waals surface area contributed by atoms with Crippen LogP contribution in [0.15, 0.2) is 36.4 Å². The van der Waals surface area contributed by atoms with E-state index in [-0.39, 0.29) is 12.8 Å². The lowest BCUT2D eigenvalue weighted by Crippen LogP contribution is -2.43. The zero-order valence-electron chi connectivity index (χ0n) is 16.2. The van der Waals surface area contributed by atoms with Crippen molar-refractivity contribution in [2.45, 2.75) is 39.2 Å². The maximum atomic E-state index is 12.5. The van der Waals surface area contributed by atoms with E-state index in [1.807, 2.05) is 0 Å². The Labute approximate surface area is 164 Å². The SMILES string of the molecule is COC(=O)C(C/C=C/C(=O)OC(C)(C)C)(Cc1ccccc1Cl)C(=O)OC. The molecule has 0 heterocycles. The highest BCUT2D eigenvalue weighted by Gasteiger charge is 2.48. The summed E-state index contributed by atoms with van der Waals surface area (Å²) in [4.78, 5) is 36.9. The number of methoxy groups -OCH3 is 2. The van der Waals surface area contributed by atoms with E-state index >= 15 is 0 Å². The molecule has 6 nitrogen and oxygen atoms in total. The normalized spacial score (nSPS) is 11.9. The van der Waals surface area contributed by atoms with Crippen molar-refractivity contribution >= 4 is 29.5 Å². The number of rotatable bonds is 7. The molecule has 0 fully saturated rings. The molecule has 7 heteroatoms. The van der Waals surface area contributed by atoms with Gasteiger partial charge < -0.3 is 14.2 Å². The van der Waals surface area contributed by atoms with Crippen molar-refractivity contribution in [3.63, 3.8) is 0 Å². The monoisotopic (exact) mass is 396 g/mol. The van der Waals surface area contributed by atoms with Gasteiger partial charge in [0.1, 0.15) is 5.60 Å². The number of hydrogen-bond acceptors (Lipinski definition) is 6. The fraction of sp³-hybridized carbons (Fsp3) is 0.450. The van der Waals surface area contributed by atoms with E-state index in [1.165, 1.54) is 26.4 Å². The summed E-state index contributed by atoms with van der Waals surface area (Å²) in [5.41, 5.74) is -1.74. The summed E-state index contributed by atoms with van der Waals surface area (Å²) in [6.45, 7) is 5.22. The van der Waals surface area contributed by atoms with Crippen molar-refractivity contribution < 1.29 is 28.6 Å². The predicted molar refractivity (Wildman–Crippen MR) is 101 cm³/mol. The molecule has 0 spiro atoms. The lowest BCUT2D eigenvalue weighted by atomic mass is 9.78. The Balaban J connectivity index is 3.20. The minimum atomic E-state index is -1.67. The van der Waals surface area contributed by atoms with Crippen LogP contribution in [0.25, 0.3) is 0 Å². The van der Waals surface area contributed by atoms with Crippen LogP contribution < -0.4 is 0 Å². The Bertz CT molecular complexity index is 701. The van der Waals surface area contributed by atoms with Crippen molar-refractivity contribution in [3.05, 3.63) is 47.0 Å². The van der Waals surface area contributed by atoms with Crippen molar-refractivity contribution in [2.75, 3.05) is 14.2 Å². The molecular formula is C20H25ClO6. The summed E-state index contributed by atoms with van der Waals surface area (Å²) in [6, 6.07) is 6.86. The van der Waals surface area contributed by atoms with E-state index in [9.17, 15) is 14.4 Å². The topological polar surface area (TPSA) is 78.9 Å². The Morgan fingerprint density at radius 1 is 1.04 bits per heavy atom. The van der Waals surface area contributed by atoms with E-state index in [1.54, 1.807) is 45.0 Å². The second kappa shape index (κ2) is 9.55. The van der Waals surface area contributed by atoms with Crippen molar-refractivity contribution in [2.24, 2.45) is 5.41 Å². The number of hydrogen-bond donors (Lipinski definition) is 0. The van der Waals surface area contributed by atoms with Gasteiger partial charge in [0.2, 0.25) is 0 Å². The van der Waals surface area contributed by atoms with Gasteiger partial charge in [-0.15, -0.1) is 0 Å². The van der Waals surface area contributed by atoms with Crippen LogP contribution in [0.4, 0.5) is 0 Å². The number of esters is 3. The summed E-state index contributed by atoms with van der Waals surface area (Å²) in [6.07, 6.45) is 2.43. The molecule has 0 saturated heterocycles. The van der Waals surface area contributed by atoms with E-state index in [2.05, 4.69) is 0 Å². The number of carbonyl (C=O) groups is 3. The molecule has 0 saturated carbocycles. The van der Waals surface area contributed by atoms with Gasteiger partial charge in [0.25, 0.3) is 0 Å². The Hall–Kier alpha value is -2.34. The van der Waals surface area contributed by atoms with E-state index in [0.717, 1.165) is 0 Å². The molecule has 1 rings (SSSR count). The first-order chi connectivity index (χ1) is 12.6. The Kier molecular flexibility index (Phi) is 8.03. The van der Waals surface area contributed by atoms with Crippen LogP contribution in [0.1, 0.15) is 32.8 Å². The Morgan fingerprint density at radius 3 is 2.07 bits per heavy atom. The zero-order chi connectivity index (χ0) is 20.7. The van der Waals surface area contributed by atoms with Crippen LogP contribution in [-0.2, 0) is 35.0 Å². The van der Waals surface area contributed by atoms with Crippen LogP contribution in [-0.4, -0.2) is 37.7 Å². The average molecular weight is 397 g/mol. The molecule has 0 N–H and O–H groups in total. The average Bonchev–Trinajstić information content (AvgIpc) is 2.59. The van der Waals surface area contributed by atoms with E-state index < -0.39 is 28.9 Å². The quantitative estimate of drug-likeness (QED) is 0.304. The third-order valence-corrected chi connectivity index (χ3v) is 4.10. The van der Waals surface area contributed by atoms with Gasteiger partial charge in [-0.2, -0.15) is 0 Å². The molecule has 0 aromatic heterocycles. The standard InChI is InChI=1S/C20H25ClO6/c1-19(2,3)27-16(22)11-8-12-20(17(23)25-4,18(24)26-5)13-14-9-6-7-10-15(14)21/h6-11H,12-13H2,1-5H3/b11-8+. The van der Waals surface area contributed by atoms with Gasteiger partial charge in [0.05, 0.1) is 14.2 Å². The molecular weight excluding hydrogens is 372 g/mol. The molecule has 1 aromatic rings. The van der Waals surface area contributed by atoms with Gasteiger partial charge >= 0.3 is 17.9 Å². The Morgan fingerprint density at radius 2 is 1.59 bits per heavy atom. The maximum absolute atomic E-state index is 12.5. The number of carbonyl (C=O) groups excluding carboxylic acids is 3. The van der Waals surface area contributed by atoms with Gasteiger partial charge in [0.15, 0.2) is 5.41 Å².